The molecule has 0 aliphatic rings. The van der Waals surface area contributed by atoms with Gasteiger partial charge in [0.1, 0.15) is 5.82 Å². The molecule has 0 aliphatic carbocycles. The third-order valence-electron chi connectivity index (χ3n) is 3.90. The molecule has 0 atom stereocenters. The number of rotatable bonds is 2. The van der Waals surface area contributed by atoms with Crippen LogP contribution in [-0.2, 0) is 0 Å². The third kappa shape index (κ3) is 2.49. The number of hydrogen-bond acceptors (Lipinski definition) is 4. The first-order chi connectivity index (χ1) is 12.6. The van der Waals surface area contributed by atoms with Gasteiger partial charge in [0.05, 0.1) is 39.7 Å². The van der Waals surface area contributed by atoms with Crippen molar-refractivity contribution in [1.82, 2.24) is 19.1 Å². The van der Waals surface area contributed by atoms with E-state index in [2.05, 4.69) is 9.97 Å². The van der Waals surface area contributed by atoms with Crippen molar-refractivity contribution in [3.63, 3.8) is 0 Å². The van der Waals surface area contributed by atoms with E-state index in [9.17, 15) is 14.0 Å². The molecule has 3 aromatic heterocycles. The van der Waals surface area contributed by atoms with Crippen LogP contribution in [0.5, 0.6) is 0 Å². The zero-order chi connectivity index (χ0) is 18.3. The second kappa shape index (κ2) is 6.20. The minimum Gasteiger partial charge on any atom is -0.268 e. The van der Waals surface area contributed by atoms with Crippen LogP contribution in [0.3, 0.4) is 0 Å². The van der Waals surface area contributed by atoms with Crippen LogP contribution in [-0.4, -0.2) is 19.1 Å². The Morgan fingerprint density at radius 1 is 0.923 bits per heavy atom. The zero-order valence-electron chi connectivity index (χ0n) is 13.1. The Morgan fingerprint density at radius 2 is 1.54 bits per heavy atom. The van der Waals surface area contributed by atoms with Crippen molar-refractivity contribution in [3.8, 4) is 11.4 Å². The lowest BCUT2D eigenvalue weighted by atomic mass is 10.2. The first kappa shape index (κ1) is 16.2. The van der Waals surface area contributed by atoms with Gasteiger partial charge in [0, 0.05) is 12.4 Å². The molecule has 0 radical (unpaired) electrons. The average molecular weight is 369 g/mol. The molecular formula is C18H10ClFN4O2. The molecule has 0 amide bonds. The molecule has 6 nitrogen and oxygen atoms in total. The molecule has 0 aliphatic heterocycles. The summed E-state index contributed by atoms with van der Waals surface area (Å²) >= 11 is 5.88. The van der Waals surface area contributed by atoms with Crippen LogP contribution in [0.25, 0.3) is 22.3 Å². The maximum absolute atomic E-state index is 14.0. The summed E-state index contributed by atoms with van der Waals surface area (Å²) in [5, 5.41) is -0.174. The summed E-state index contributed by atoms with van der Waals surface area (Å²) in [6.45, 7) is 0. The van der Waals surface area contributed by atoms with Gasteiger partial charge in [0.25, 0.3) is 5.56 Å². The SMILES string of the molecule is O=c1c2cc(F)c(Cl)cc2n(-c2cccnc2)c(=O)n1-c1cccnc1. The van der Waals surface area contributed by atoms with Crippen molar-refractivity contribution in [2.75, 3.05) is 0 Å². The predicted molar refractivity (Wildman–Crippen MR) is 95.7 cm³/mol. The number of fused-ring (bicyclic) bond motifs is 1. The van der Waals surface area contributed by atoms with Gasteiger partial charge < -0.3 is 0 Å². The van der Waals surface area contributed by atoms with Crippen LogP contribution in [0.2, 0.25) is 5.02 Å². The zero-order valence-corrected chi connectivity index (χ0v) is 13.9. The van der Waals surface area contributed by atoms with Gasteiger partial charge in [0.15, 0.2) is 0 Å². The van der Waals surface area contributed by atoms with Crippen LogP contribution < -0.4 is 11.2 Å². The standard InChI is InChI=1S/C18H10ClFN4O2/c19-14-8-16-13(7-15(14)20)17(25)24(12-4-2-6-22-10-12)18(26)23(16)11-3-1-5-21-9-11/h1-10H. The minimum atomic E-state index is -0.745. The Bertz CT molecular complexity index is 1240. The molecule has 0 unspecified atom stereocenters. The summed E-state index contributed by atoms with van der Waals surface area (Å²) in [5.74, 6) is -0.745. The second-order valence-electron chi connectivity index (χ2n) is 5.46. The average Bonchev–Trinajstić information content (AvgIpc) is 2.66. The van der Waals surface area contributed by atoms with Crippen LogP contribution >= 0.6 is 11.6 Å². The molecule has 0 fully saturated rings. The van der Waals surface area contributed by atoms with Crippen molar-refractivity contribution in [3.05, 3.63) is 92.9 Å². The summed E-state index contributed by atoms with van der Waals surface area (Å²) in [6.07, 6.45) is 5.93. The molecule has 0 saturated heterocycles. The van der Waals surface area contributed by atoms with E-state index in [1.54, 1.807) is 30.5 Å². The Hall–Kier alpha value is -3.32. The highest BCUT2D eigenvalue weighted by Gasteiger charge is 2.18. The normalized spacial score (nSPS) is 11.0. The van der Waals surface area contributed by atoms with Crippen molar-refractivity contribution in [2.24, 2.45) is 0 Å². The van der Waals surface area contributed by atoms with Gasteiger partial charge in [-0.3, -0.25) is 19.3 Å². The van der Waals surface area contributed by atoms with E-state index < -0.39 is 17.1 Å². The number of aromatic nitrogens is 4. The second-order valence-corrected chi connectivity index (χ2v) is 5.87. The van der Waals surface area contributed by atoms with E-state index in [4.69, 9.17) is 11.6 Å². The summed E-state index contributed by atoms with van der Waals surface area (Å²) in [6, 6.07) is 8.76. The molecule has 4 aromatic rings. The van der Waals surface area contributed by atoms with Gasteiger partial charge in [-0.1, -0.05) is 11.6 Å². The Kier molecular flexibility index (Phi) is 3.85. The molecule has 0 spiro atoms. The lowest BCUT2D eigenvalue weighted by Crippen LogP contribution is -2.38. The third-order valence-corrected chi connectivity index (χ3v) is 4.19. The summed E-state index contributed by atoms with van der Waals surface area (Å²) in [7, 11) is 0. The van der Waals surface area contributed by atoms with E-state index in [-0.39, 0.29) is 21.6 Å². The highest BCUT2D eigenvalue weighted by atomic mass is 35.5. The largest absolute Gasteiger partial charge is 0.340 e. The van der Waals surface area contributed by atoms with Gasteiger partial charge in [-0.25, -0.2) is 13.8 Å². The van der Waals surface area contributed by atoms with Crippen LogP contribution in [0.15, 0.2) is 70.8 Å². The quantitative estimate of drug-likeness (QED) is 0.545. The van der Waals surface area contributed by atoms with Crippen molar-refractivity contribution < 1.29 is 4.39 Å². The van der Waals surface area contributed by atoms with E-state index in [0.717, 1.165) is 10.6 Å². The van der Waals surface area contributed by atoms with Crippen LogP contribution in [0.4, 0.5) is 4.39 Å². The highest BCUT2D eigenvalue weighted by molar-refractivity contribution is 6.31. The van der Waals surface area contributed by atoms with Gasteiger partial charge in [0.2, 0.25) is 0 Å². The summed E-state index contributed by atoms with van der Waals surface area (Å²) in [4.78, 5) is 34.0. The molecular weight excluding hydrogens is 359 g/mol. The van der Waals surface area contributed by atoms with Crippen LogP contribution in [0, 0.1) is 5.82 Å². The van der Waals surface area contributed by atoms with Crippen molar-refractivity contribution in [2.45, 2.75) is 0 Å². The Morgan fingerprint density at radius 3 is 2.12 bits per heavy atom. The lowest BCUT2D eigenvalue weighted by Gasteiger charge is -2.14. The number of pyridine rings is 2. The first-order valence-corrected chi connectivity index (χ1v) is 7.93. The Labute approximate surface area is 150 Å². The predicted octanol–water partition coefficient (Wildman–Crippen LogP) is 2.72. The molecule has 26 heavy (non-hydrogen) atoms. The highest BCUT2D eigenvalue weighted by Crippen LogP contribution is 2.22. The van der Waals surface area contributed by atoms with E-state index in [0.29, 0.717) is 5.69 Å². The lowest BCUT2D eigenvalue weighted by molar-refractivity contribution is 0.629. The molecule has 8 heteroatoms. The molecule has 128 valence electrons. The van der Waals surface area contributed by atoms with E-state index in [1.165, 1.54) is 29.2 Å². The van der Waals surface area contributed by atoms with Crippen molar-refractivity contribution in [1.29, 1.82) is 0 Å². The van der Waals surface area contributed by atoms with Gasteiger partial charge in [-0.2, -0.15) is 0 Å². The molecule has 0 bridgehead atoms. The van der Waals surface area contributed by atoms with Crippen LogP contribution in [0.1, 0.15) is 0 Å². The van der Waals surface area contributed by atoms with E-state index in [1.807, 2.05) is 0 Å². The molecule has 1 aromatic carbocycles. The molecule has 0 N–H and O–H groups in total. The Balaban J connectivity index is 2.24. The van der Waals surface area contributed by atoms with Gasteiger partial charge in [-0.15, -0.1) is 0 Å². The first-order valence-electron chi connectivity index (χ1n) is 7.55. The number of benzene rings is 1. The number of hydrogen-bond donors (Lipinski definition) is 0. The smallest absolute Gasteiger partial charge is 0.268 e. The molecule has 0 saturated carbocycles. The minimum absolute atomic E-state index is 0.0132. The number of nitrogens with zero attached hydrogens (tertiary/aromatic N) is 4. The molecule has 4 rings (SSSR count). The van der Waals surface area contributed by atoms with Gasteiger partial charge >= 0.3 is 5.69 Å². The van der Waals surface area contributed by atoms with E-state index >= 15 is 0 Å². The fourth-order valence-electron chi connectivity index (χ4n) is 2.75. The fraction of sp³-hybridized carbons (Fsp3) is 0. The topological polar surface area (TPSA) is 69.8 Å². The monoisotopic (exact) mass is 368 g/mol. The number of halogens is 2. The summed E-state index contributed by atoms with van der Waals surface area (Å²) < 4.78 is 16.2. The van der Waals surface area contributed by atoms with Gasteiger partial charge in [-0.05, 0) is 36.4 Å². The molecule has 3 heterocycles. The maximum Gasteiger partial charge on any atom is 0.340 e. The van der Waals surface area contributed by atoms with Crippen molar-refractivity contribution >= 4 is 22.5 Å². The summed E-state index contributed by atoms with van der Waals surface area (Å²) in [5.41, 5.74) is -0.403. The fourth-order valence-corrected chi connectivity index (χ4v) is 2.91. The maximum atomic E-state index is 14.0.